The highest BCUT2D eigenvalue weighted by Crippen LogP contribution is 2.44. The molecule has 4 atom stereocenters. The number of nitrogens with two attached hydrogens (primary N) is 1. The van der Waals surface area contributed by atoms with Gasteiger partial charge in [-0.15, -0.1) is 0 Å². The van der Waals surface area contributed by atoms with Crippen LogP contribution in [-0.2, 0) is 0 Å². The van der Waals surface area contributed by atoms with Gasteiger partial charge in [0.1, 0.15) is 29.9 Å². The summed E-state index contributed by atoms with van der Waals surface area (Å²) in [5.74, 6) is -0.583. The number of anilines is 2. The minimum Gasteiger partial charge on any atom is -0.461 e. The Morgan fingerprint density at radius 3 is 2.91 bits per heavy atom. The number of halogens is 4. The number of hydrogen-bond acceptors (Lipinski definition) is 9. The Morgan fingerprint density at radius 1 is 1.14 bits per heavy atom. The molecule has 8 nitrogen and oxygen atoms in total. The van der Waals surface area contributed by atoms with Crippen LogP contribution in [0.4, 0.5) is 24.1 Å². The van der Waals surface area contributed by atoms with E-state index in [4.69, 9.17) is 27.1 Å². The van der Waals surface area contributed by atoms with Crippen molar-refractivity contribution in [2.75, 3.05) is 43.4 Å². The Hall–Kier alpha value is -2.93. The smallest absolute Gasteiger partial charge is 0.319 e. The second-order valence-corrected chi connectivity index (χ2v) is 13.7. The van der Waals surface area contributed by atoms with Gasteiger partial charge < -0.3 is 20.7 Å². The maximum Gasteiger partial charge on any atom is 0.319 e. The van der Waals surface area contributed by atoms with Gasteiger partial charge in [-0.25, -0.2) is 18.2 Å². The van der Waals surface area contributed by atoms with E-state index in [1.165, 1.54) is 12.1 Å². The molecule has 0 radical (unpaired) electrons. The van der Waals surface area contributed by atoms with E-state index in [0.29, 0.717) is 42.3 Å². The van der Waals surface area contributed by atoms with E-state index in [-0.39, 0.29) is 50.1 Å². The number of fused-ring (bicyclic) bond motifs is 4. The van der Waals surface area contributed by atoms with Gasteiger partial charge in [-0.1, -0.05) is 22.9 Å². The summed E-state index contributed by atoms with van der Waals surface area (Å²) in [5, 5.41) is 4.40. The molecule has 2 aromatic heterocycles. The number of thiazole rings is 1. The van der Waals surface area contributed by atoms with Crippen LogP contribution in [0.25, 0.3) is 32.2 Å². The molecule has 226 valence electrons. The van der Waals surface area contributed by atoms with Crippen molar-refractivity contribution in [2.24, 2.45) is 0 Å². The molecule has 1 saturated carbocycles. The number of aromatic nitrogens is 3. The maximum atomic E-state index is 16.8. The highest BCUT2D eigenvalue weighted by molar-refractivity contribution is 7.22. The molecule has 4 aromatic rings. The van der Waals surface area contributed by atoms with Crippen molar-refractivity contribution in [1.82, 2.24) is 25.2 Å². The lowest BCUT2D eigenvalue weighted by Gasteiger charge is -2.39. The highest BCUT2D eigenvalue weighted by atomic mass is 35.5. The van der Waals surface area contributed by atoms with Gasteiger partial charge in [0.2, 0.25) is 0 Å². The molecule has 2 unspecified atom stereocenters. The van der Waals surface area contributed by atoms with Gasteiger partial charge >= 0.3 is 6.01 Å². The van der Waals surface area contributed by atoms with Gasteiger partial charge in [0, 0.05) is 54.7 Å². The number of piperazine rings is 1. The number of ether oxygens (including phenoxy) is 1. The van der Waals surface area contributed by atoms with Crippen LogP contribution in [0.5, 0.6) is 6.01 Å². The average Bonchev–Trinajstić information content (AvgIpc) is 3.76. The highest BCUT2D eigenvalue weighted by Gasteiger charge is 2.49. The minimum absolute atomic E-state index is 0.0495. The molecule has 4 aliphatic rings. The van der Waals surface area contributed by atoms with Crippen LogP contribution < -0.4 is 20.7 Å². The van der Waals surface area contributed by atoms with E-state index in [1.807, 2.05) is 0 Å². The van der Waals surface area contributed by atoms with Crippen LogP contribution in [0, 0.1) is 11.6 Å². The fraction of sp³-hybridized carbons (Fsp3) is 0.500. The van der Waals surface area contributed by atoms with Crippen LogP contribution in [-0.4, -0.2) is 76.4 Å². The molecular weight excluding hydrogens is 599 g/mol. The molecule has 5 heterocycles. The standard InChI is InChI=1S/C30H31ClF3N7OS/c31-18-11-17-24(23(34)22(18)16-5-6-19(33)26-25(16)37-28(35)43-26)38-29(42-14-30-7-2-9-40(30)13-15(32)12-30)39-27(17)41-10-8-36-20-3-1-4-21(20)41/h5-6,11,15,20-21,36H,1-4,7-10,12-14H2,(H2,35,37)/t15-,20?,21?,30+/m1/s1. The lowest BCUT2D eigenvalue weighted by molar-refractivity contribution is 0.107. The minimum atomic E-state index is -0.897. The van der Waals surface area contributed by atoms with Gasteiger partial charge in [0.25, 0.3) is 0 Å². The molecular formula is C30H31ClF3N7OS. The topological polar surface area (TPSA) is 92.4 Å². The third-order valence-corrected chi connectivity index (χ3v) is 11.0. The zero-order chi connectivity index (χ0) is 29.5. The fourth-order valence-electron chi connectivity index (χ4n) is 7.88. The molecule has 43 heavy (non-hydrogen) atoms. The Morgan fingerprint density at radius 2 is 2.02 bits per heavy atom. The third-order valence-electron chi connectivity index (χ3n) is 9.77. The Labute approximate surface area is 255 Å². The lowest BCUT2D eigenvalue weighted by atomic mass is 9.95. The first-order valence-corrected chi connectivity index (χ1v) is 16.1. The monoisotopic (exact) mass is 629 g/mol. The molecule has 0 spiro atoms. The molecule has 3 aliphatic heterocycles. The molecule has 2 aromatic carbocycles. The van der Waals surface area contributed by atoms with E-state index < -0.39 is 23.3 Å². The van der Waals surface area contributed by atoms with Crippen LogP contribution >= 0.6 is 22.9 Å². The largest absolute Gasteiger partial charge is 0.461 e. The van der Waals surface area contributed by atoms with Crippen molar-refractivity contribution in [3.8, 4) is 17.1 Å². The fourth-order valence-corrected chi connectivity index (χ4v) is 8.94. The summed E-state index contributed by atoms with van der Waals surface area (Å²) >= 11 is 7.82. The molecule has 8 rings (SSSR count). The van der Waals surface area contributed by atoms with Gasteiger partial charge in [0.15, 0.2) is 10.9 Å². The predicted octanol–water partition coefficient (Wildman–Crippen LogP) is 5.71. The van der Waals surface area contributed by atoms with Crippen LogP contribution in [0.15, 0.2) is 18.2 Å². The molecule has 3 N–H and O–H groups in total. The van der Waals surface area contributed by atoms with Crippen molar-refractivity contribution < 1.29 is 17.9 Å². The van der Waals surface area contributed by atoms with Gasteiger partial charge in [-0.05, 0) is 56.8 Å². The summed E-state index contributed by atoms with van der Waals surface area (Å²) in [6, 6.07) is 4.98. The van der Waals surface area contributed by atoms with Crippen molar-refractivity contribution in [3.05, 3.63) is 34.9 Å². The van der Waals surface area contributed by atoms with Crippen LogP contribution in [0.3, 0.4) is 0 Å². The van der Waals surface area contributed by atoms with Crippen molar-refractivity contribution in [2.45, 2.75) is 62.3 Å². The molecule has 3 saturated heterocycles. The van der Waals surface area contributed by atoms with E-state index in [0.717, 1.165) is 56.5 Å². The normalized spacial score (nSPS) is 27.3. The van der Waals surface area contributed by atoms with E-state index in [2.05, 4.69) is 25.1 Å². The Balaban J connectivity index is 1.28. The molecule has 13 heteroatoms. The average molecular weight is 630 g/mol. The zero-order valence-corrected chi connectivity index (χ0v) is 25.0. The number of alkyl halides is 1. The van der Waals surface area contributed by atoms with Gasteiger partial charge in [0.05, 0.1) is 20.8 Å². The van der Waals surface area contributed by atoms with E-state index in [9.17, 15) is 8.78 Å². The number of nitrogens with zero attached hydrogens (tertiary/aromatic N) is 5. The molecule has 0 amide bonds. The van der Waals surface area contributed by atoms with Crippen molar-refractivity contribution >= 4 is 55.0 Å². The summed E-state index contributed by atoms with van der Waals surface area (Å²) in [6.45, 7) is 2.92. The van der Waals surface area contributed by atoms with Crippen LogP contribution in [0.2, 0.25) is 5.02 Å². The number of hydrogen-bond donors (Lipinski definition) is 2. The number of nitrogens with one attached hydrogen (secondary N) is 1. The maximum absolute atomic E-state index is 16.8. The zero-order valence-electron chi connectivity index (χ0n) is 23.4. The van der Waals surface area contributed by atoms with E-state index >= 15 is 4.39 Å². The van der Waals surface area contributed by atoms with E-state index in [1.54, 1.807) is 6.07 Å². The SMILES string of the molecule is Nc1nc2c(-c3c(Cl)cc4c(N5CCNC6CCCC65)nc(OC[C@@]56CCCN5C[C@H](F)C6)nc4c3F)ccc(F)c2s1. The second-order valence-electron chi connectivity index (χ2n) is 12.2. The molecule has 1 aliphatic carbocycles. The third kappa shape index (κ3) is 4.43. The first-order chi connectivity index (χ1) is 20.8. The van der Waals surface area contributed by atoms with Gasteiger partial charge in [-0.2, -0.15) is 9.97 Å². The van der Waals surface area contributed by atoms with Gasteiger partial charge in [-0.3, -0.25) is 4.90 Å². The van der Waals surface area contributed by atoms with Crippen LogP contribution in [0.1, 0.15) is 38.5 Å². The summed E-state index contributed by atoms with van der Waals surface area (Å²) in [4.78, 5) is 18.2. The number of rotatable bonds is 5. The number of nitrogen functional groups attached to an aromatic ring is 1. The first-order valence-electron chi connectivity index (χ1n) is 14.9. The van der Waals surface area contributed by atoms with Crippen molar-refractivity contribution in [3.63, 3.8) is 0 Å². The molecule has 4 fully saturated rings. The summed E-state index contributed by atoms with van der Waals surface area (Å²) in [6.07, 6.45) is 4.46. The second kappa shape index (κ2) is 10.3. The number of benzene rings is 2. The summed E-state index contributed by atoms with van der Waals surface area (Å²) < 4.78 is 52.3. The lowest BCUT2D eigenvalue weighted by Crippen LogP contribution is -2.55. The summed E-state index contributed by atoms with van der Waals surface area (Å²) in [7, 11) is 0. The molecule has 0 bridgehead atoms. The van der Waals surface area contributed by atoms with Crippen molar-refractivity contribution in [1.29, 1.82) is 0 Å². The Bertz CT molecular complexity index is 1760. The Kier molecular flexibility index (Phi) is 6.63. The summed E-state index contributed by atoms with van der Waals surface area (Å²) in [5.41, 5.74) is 6.20. The quantitative estimate of drug-likeness (QED) is 0.290. The first kappa shape index (κ1) is 27.6. The predicted molar refractivity (Wildman–Crippen MR) is 163 cm³/mol.